The van der Waals surface area contributed by atoms with Crippen LogP contribution in [0.4, 0.5) is 0 Å². The maximum Gasteiger partial charge on any atom is 0.333 e. The molecule has 4 heteroatoms. The number of aliphatic hydroxyl groups is 1. The monoisotopic (exact) mass is 208 g/mol. The van der Waals surface area contributed by atoms with E-state index in [1.807, 2.05) is 0 Å². The van der Waals surface area contributed by atoms with Crippen LogP contribution in [0.2, 0.25) is 0 Å². The molecular formula is C11H12O4. The number of hydrogen-bond donors (Lipinski definition) is 3. The van der Waals surface area contributed by atoms with E-state index in [4.69, 9.17) is 10.2 Å². The summed E-state index contributed by atoms with van der Waals surface area (Å²) in [6.07, 6.45) is -0.0155. The summed E-state index contributed by atoms with van der Waals surface area (Å²) in [5.41, 5.74) is 0.134. The molecule has 80 valence electrons. The smallest absolute Gasteiger partial charge is 0.333 e. The van der Waals surface area contributed by atoms with Crippen molar-refractivity contribution in [3.05, 3.63) is 29.8 Å². The van der Waals surface area contributed by atoms with Crippen LogP contribution >= 0.6 is 0 Å². The second-order valence-corrected chi connectivity index (χ2v) is 3.94. The van der Waals surface area contributed by atoms with Crippen molar-refractivity contribution in [3.63, 3.8) is 0 Å². The topological polar surface area (TPSA) is 77.8 Å². The Hall–Kier alpha value is -1.55. The summed E-state index contributed by atoms with van der Waals surface area (Å²) < 4.78 is 0. The third-order valence-corrected chi connectivity index (χ3v) is 2.99. The van der Waals surface area contributed by atoms with Crippen LogP contribution in [-0.4, -0.2) is 27.4 Å². The van der Waals surface area contributed by atoms with E-state index in [2.05, 4.69) is 0 Å². The SMILES string of the molecule is O=C(O)C(O)C1(c2ccc(O)cc2)CC1. The molecule has 1 unspecified atom stereocenters. The zero-order valence-corrected chi connectivity index (χ0v) is 8.05. The molecule has 1 aromatic rings. The highest BCUT2D eigenvalue weighted by molar-refractivity contribution is 5.75. The first-order chi connectivity index (χ1) is 7.06. The lowest BCUT2D eigenvalue weighted by atomic mass is 9.90. The van der Waals surface area contributed by atoms with E-state index in [9.17, 15) is 9.90 Å². The number of rotatable bonds is 3. The summed E-state index contributed by atoms with van der Waals surface area (Å²) in [5, 5.41) is 27.5. The first-order valence-corrected chi connectivity index (χ1v) is 4.77. The summed E-state index contributed by atoms with van der Waals surface area (Å²) in [4.78, 5) is 10.7. The lowest BCUT2D eigenvalue weighted by Crippen LogP contribution is -2.33. The van der Waals surface area contributed by atoms with E-state index >= 15 is 0 Å². The van der Waals surface area contributed by atoms with Gasteiger partial charge in [0.2, 0.25) is 0 Å². The number of phenolic OH excluding ortho intramolecular Hbond substituents is 1. The number of benzene rings is 1. The lowest BCUT2D eigenvalue weighted by Gasteiger charge is -2.18. The van der Waals surface area contributed by atoms with E-state index in [-0.39, 0.29) is 5.75 Å². The zero-order valence-electron chi connectivity index (χ0n) is 8.05. The van der Waals surface area contributed by atoms with Gasteiger partial charge in [-0.05, 0) is 30.5 Å². The van der Waals surface area contributed by atoms with E-state index in [1.165, 1.54) is 12.1 Å². The van der Waals surface area contributed by atoms with E-state index < -0.39 is 17.5 Å². The van der Waals surface area contributed by atoms with Gasteiger partial charge in [-0.2, -0.15) is 0 Å². The molecule has 1 atom stereocenters. The molecule has 1 fully saturated rings. The molecule has 15 heavy (non-hydrogen) atoms. The summed E-state index contributed by atoms with van der Waals surface area (Å²) in [6.45, 7) is 0. The summed E-state index contributed by atoms with van der Waals surface area (Å²) in [6, 6.07) is 6.33. The zero-order chi connectivity index (χ0) is 11.1. The number of carboxylic acid groups (broad SMARTS) is 1. The van der Waals surface area contributed by atoms with Crippen molar-refractivity contribution in [1.82, 2.24) is 0 Å². The van der Waals surface area contributed by atoms with Crippen molar-refractivity contribution in [2.45, 2.75) is 24.4 Å². The summed E-state index contributed by atoms with van der Waals surface area (Å²) in [7, 11) is 0. The van der Waals surface area contributed by atoms with Gasteiger partial charge >= 0.3 is 5.97 Å². The van der Waals surface area contributed by atoms with Gasteiger partial charge in [-0.1, -0.05) is 12.1 Å². The normalized spacial score (nSPS) is 19.5. The number of hydrogen-bond acceptors (Lipinski definition) is 3. The number of aliphatic carboxylic acids is 1. The predicted octanol–water partition coefficient (Wildman–Crippen LogP) is 0.869. The average Bonchev–Trinajstić information content (AvgIpc) is 2.99. The van der Waals surface area contributed by atoms with Crippen molar-refractivity contribution in [1.29, 1.82) is 0 Å². The van der Waals surface area contributed by atoms with Crippen LogP contribution in [0.5, 0.6) is 5.75 Å². The Morgan fingerprint density at radius 2 is 1.80 bits per heavy atom. The molecule has 0 saturated heterocycles. The third kappa shape index (κ3) is 1.57. The minimum Gasteiger partial charge on any atom is -0.508 e. The molecule has 1 aliphatic rings. The largest absolute Gasteiger partial charge is 0.508 e. The fraction of sp³-hybridized carbons (Fsp3) is 0.364. The second-order valence-electron chi connectivity index (χ2n) is 3.94. The molecule has 0 amide bonds. The highest BCUT2D eigenvalue weighted by Crippen LogP contribution is 2.51. The molecule has 0 radical (unpaired) electrons. The van der Waals surface area contributed by atoms with Crippen LogP contribution < -0.4 is 0 Å². The predicted molar refractivity (Wildman–Crippen MR) is 52.7 cm³/mol. The molecule has 0 bridgehead atoms. The molecule has 0 spiro atoms. The Bertz CT molecular complexity index is 378. The van der Waals surface area contributed by atoms with E-state index in [0.717, 1.165) is 5.56 Å². The van der Waals surface area contributed by atoms with Gasteiger partial charge in [0.25, 0.3) is 0 Å². The fourth-order valence-corrected chi connectivity index (χ4v) is 1.88. The van der Waals surface area contributed by atoms with Crippen molar-refractivity contribution in [3.8, 4) is 5.75 Å². The van der Waals surface area contributed by atoms with Crippen LogP contribution in [0.15, 0.2) is 24.3 Å². The minimum absolute atomic E-state index is 0.138. The number of aromatic hydroxyl groups is 1. The Morgan fingerprint density at radius 3 is 2.20 bits per heavy atom. The molecule has 0 aromatic heterocycles. The van der Waals surface area contributed by atoms with Gasteiger partial charge < -0.3 is 15.3 Å². The van der Waals surface area contributed by atoms with Crippen molar-refractivity contribution >= 4 is 5.97 Å². The maximum atomic E-state index is 10.7. The quantitative estimate of drug-likeness (QED) is 0.688. The van der Waals surface area contributed by atoms with Crippen molar-refractivity contribution in [2.75, 3.05) is 0 Å². The van der Waals surface area contributed by atoms with Gasteiger partial charge in [0, 0.05) is 5.41 Å². The standard InChI is InChI=1S/C11H12O4/c12-8-3-1-7(2-4-8)11(5-6-11)9(13)10(14)15/h1-4,9,12-13H,5-6H2,(H,14,15). The Labute approximate surface area is 86.8 Å². The first-order valence-electron chi connectivity index (χ1n) is 4.77. The van der Waals surface area contributed by atoms with Crippen LogP contribution in [0, 0.1) is 0 Å². The fourth-order valence-electron chi connectivity index (χ4n) is 1.88. The molecule has 0 heterocycles. The van der Waals surface area contributed by atoms with Crippen LogP contribution in [0.3, 0.4) is 0 Å². The maximum absolute atomic E-state index is 10.7. The Balaban J connectivity index is 2.30. The van der Waals surface area contributed by atoms with Crippen LogP contribution in [0.25, 0.3) is 0 Å². The van der Waals surface area contributed by atoms with Gasteiger partial charge in [-0.25, -0.2) is 4.79 Å². The second kappa shape index (κ2) is 3.24. The molecule has 4 nitrogen and oxygen atoms in total. The molecule has 3 N–H and O–H groups in total. The highest BCUT2D eigenvalue weighted by atomic mass is 16.4. The average molecular weight is 208 g/mol. The third-order valence-electron chi connectivity index (χ3n) is 2.99. The molecule has 0 aliphatic heterocycles. The first kappa shape index (κ1) is 9.98. The summed E-state index contributed by atoms with van der Waals surface area (Å²) in [5.74, 6) is -1.06. The summed E-state index contributed by atoms with van der Waals surface area (Å²) >= 11 is 0. The molecule has 1 aromatic carbocycles. The molecule has 1 aliphatic carbocycles. The van der Waals surface area contributed by atoms with Gasteiger partial charge in [-0.15, -0.1) is 0 Å². The molecule has 1 saturated carbocycles. The van der Waals surface area contributed by atoms with E-state index in [0.29, 0.717) is 12.8 Å². The number of carbonyl (C=O) groups is 1. The van der Waals surface area contributed by atoms with Gasteiger partial charge in [-0.3, -0.25) is 0 Å². The van der Waals surface area contributed by atoms with E-state index in [1.54, 1.807) is 12.1 Å². The van der Waals surface area contributed by atoms with Gasteiger partial charge in [0.05, 0.1) is 0 Å². The molecule has 2 rings (SSSR count). The lowest BCUT2D eigenvalue weighted by molar-refractivity contribution is -0.148. The van der Waals surface area contributed by atoms with Crippen LogP contribution in [-0.2, 0) is 10.2 Å². The number of phenols is 1. The van der Waals surface area contributed by atoms with Gasteiger partial charge in [0.1, 0.15) is 5.75 Å². The van der Waals surface area contributed by atoms with Gasteiger partial charge in [0.15, 0.2) is 6.10 Å². The molecular weight excluding hydrogens is 196 g/mol. The Morgan fingerprint density at radius 1 is 1.27 bits per heavy atom. The number of carboxylic acids is 1. The highest BCUT2D eigenvalue weighted by Gasteiger charge is 2.53. The van der Waals surface area contributed by atoms with Crippen molar-refractivity contribution in [2.24, 2.45) is 0 Å². The van der Waals surface area contributed by atoms with Crippen molar-refractivity contribution < 1.29 is 20.1 Å². The Kier molecular flexibility index (Phi) is 2.16. The minimum atomic E-state index is -1.36. The van der Waals surface area contributed by atoms with Crippen LogP contribution in [0.1, 0.15) is 18.4 Å². The number of aliphatic hydroxyl groups excluding tert-OH is 1.